The van der Waals surface area contributed by atoms with Crippen molar-refractivity contribution in [3.05, 3.63) is 21.7 Å². The molecular formula is C11H14INO2. The summed E-state index contributed by atoms with van der Waals surface area (Å²) in [5, 5.41) is 0. The molecule has 1 aliphatic heterocycles. The van der Waals surface area contributed by atoms with Crippen LogP contribution in [0, 0.1) is 9.68 Å². The predicted molar refractivity (Wildman–Crippen MR) is 65.7 cm³/mol. The zero-order valence-electron chi connectivity index (χ0n) is 8.70. The van der Waals surface area contributed by atoms with Gasteiger partial charge in [0.2, 0.25) is 0 Å². The zero-order chi connectivity index (χ0) is 10.8. The van der Waals surface area contributed by atoms with Crippen molar-refractivity contribution in [2.45, 2.75) is 19.8 Å². The Morgan fingerprint density at radius 2 is 2.13 bits per heavy atom. The van der Waals surface area contributed by atoms with Crippen LogP contribution in [0.4, 0.5) is 0 Å². The highest BCUT2D eigenvalue weighted by atomic mass is 127. The number of nitrogens with zero attached hydrogens (tertiary/aromatic N) is 1. The van der Waals surface area contributed by atoms with Gasteiger partial charge < -0.3 is 9.32 Å². The number of carbonyl (C=O) groups excluding carboxylic acids is 1. The van der Waals surface area contributed by atoms with Crippen LogP contribution in [0.2, 0.25) is 0 Å². The van der Waals surface area contributed by atoms with Crippen LogP contribution in [0.25, 0.3) is 0 Å². The second-order valence-electron chi connectivity index (χ2n) is 4.08. The van der Waals surface area contributed by atoms with E-state index in [1.54, 1.807) is 6.07 Å². The summed E-state index contributed by atoms with van der Waals surface area (Å²) in [7, 11) is 0. The number of carbonyl (C=O) groups is 1. The van der Waals surface area contributed by atoms with Gasteiger partial charge in [0.15, 0.2) is 9.53 Å². The summed E-state index contributed by atoms with van der Waals surface area (Å²) in [5.41, 5.74) is 0. The van der Waals surface area contributed by atoms with E-state index in [2.05, 4.69) is 29.5 Å². The third-order valence-electron chi connectivity index (χ3n) is 2.85. The fourth-order valence-corrected chi connectivity index (χ4v) is 2.21. The molecule has 2 rings (SSSR count). The fourth-order valence-electron chi connectivity index (χ4n) is 1.80. The lowest BCUT2D eigenvalue weighted by Crippen LogP contribution is -2.37. The van der Waals surface area contributed by atoms with Gasteiger partial charge in [-0.1, -0.05) is 6.92 Å². The average molecular weight is 319 g/mol. The molecule has 0 aliphatic carbocycles. The molecule has 0 spiro atoms. The molecule has 1 aliphatic rings. The Kier molecular flexibility index (Phi) is 3.33. The van der Waals surface area contributed by atoms with E-state index in [1.807, 2.05) is 11.0 Å². The van der Waals surface area contributed by atoms with Crippen molar-refractivity contribution in [2.24, 2.45) is 5.92 Å². The van der Waals surface area contributed by atoms with Gasteiger partial charge in [0.1, 0.15) is 0 Å². The minimum atomic E-state index is 0.0322. The van der Waals surface area contributed by atoms with Gasteiger partial charge in [-0.05, 0) is 53.5 Å². The summed E-state index contributed by atoms with van der Waals surface area (Å²) in [6.07, 6.45) is 2.20. The summed E-state index contributed by atoms with van der Waals surface area (Å²) in [4.78, 5) is 13.8. The van der Waals surface area contributed by atoms with Crippen molar-refractivity contribution < 1.29 is 9.21 Å². The molecule has 0 unspecified atom stereocenters. The second kappa shape index (κ2) is 4.55. The molecular weight excluding hydrogens is 305 g/mol. The van der Waals surface area contributed by atoms with Crippen LogP contribution < -0.4 is 0 Å². The molecule has 2 heterocycles. The molecule has 0 radical (unpaired) electrons. The molecule has 0 aromatic carbocycles. The average Bonchev–Trinajstić information content (AvgIpc) is 2.65. The highest BCUT2D eigenvalue weighted by Crippen LogP contribution is 2.19. The van der Waals surface area contributed by atoms with Crippen molar-refractivity contribution in [1.29, 1.82) is 0 Å². The molecule has 1 amide bonds. The molecule has 0 atom stereocenters. The Balaban J connectivity index is 2.02. The van der Waals surface area contributed by atoms with Crippen LogP contribution in [-0.4, -0.2) is 23.9 Å². The van der Waals surface area contributed by atoms with Gasteiger partial charge in [-0.2, -0.15) is 0 Å². The number of piperidine rings is 1. The Labute approximate surface area is 103 Å². The summed E-state index contributed by atoms with van der Waals surface area (Å²) in [6, 6.07) is 3.57. The first-order valence-corrected chi connectivity index (χ1v) is 6.29. The molecule has 3 nitrogen and oxygen atoms in total. The van der Waals surface area contributed by atoms with Crippen LogP contribution in [-0.2, 0) is 0 Å². The normalized spacial score (nSPS) is 18.1. The predicted octanol–water partition coefficient (Wildman–Crippen LogP) is 2.76. The van der Waals surface area contributed by atoms with Gasteiger partial charge in [-0.15, -0.1) is 0 Å². The third-order valence-corrected chi connectivity index (χ3v) is 3.43. The lowest BCUT2D eigenvalue weighted by atomic mass is 9.99. The summed E-state index contributed by atoms with van der Waals surface area (Å²) < 4.78 is 6.09. The van der Waals surface area contributed by atoms with Crippen LogP contribution in [0.3, 0.4) is 0 Å². The Bertz CT molecular complexity index is 353. The minimum Gasteiger partial charge on any atom is -0.445 e. The molecule has 1 saturated heterocycles. The molecule has 4 heteroatoms. The lowest BCUT2D eigenvalue weighted by molar-refractivity contribution is 0.0663. The van der Waals surface area contributed by atoms with Gasteiger partial charge in [0.25, 0.3) is 5.91 Å². The highest BCUT2D eigenvalue weighted by molar-refractivity contribution is 14.1. The number of furan rings is 1. The van der Waals surface area contributed by atoms with E-state index < -0.39 is 0 Å². The SMILES string of the molecule is CC1CCN(C(=O)c2ccc(I)o2)CC1. The smallest absolute Gasteiger partial charge is 0.289 e. The van der Waals surface area contributed by atoms with Crippen molar-refractivity contribution >= 4 is 28.5 Å². The van der Waals surface area contributed by atoms with Gasteiger partial charge in [-0.25, -0.2) is 0 Å². The Morgan fingerprint density at radius 1 is 1.47 bits per heavy atom. The van der Waals surface area contributed by atoms with E-state index in [1.165, 1.54) is 0 Å². The first-order chi connectivity index (χ1) is 7.16. The lowest BCUT2D eigenvalue weighted by Gasteiger charge is -2.29. The van der Waals surface area contributed by atoms with E-state index in [-0.39, 0.29) is 5.91 Å². The molecule has 1 fully saturated rings. The number of likely N-dealkylation sites (tertiary alicyclic amines) is 1. The number of rotatable bonds is 1. The van der Waals surface area contributed by atoms with Gasteiger partial charge in [0.05, 0.1) is 0 Å². The first kappa shape index (κ1) is 11.0. The third kappa shape index (κ3) is 2.53. The van der Waals surface area contributed by atoms with E-state index in [9.17, 15) is 4.79 Å². The zero-order valence-corrected chi connectivity index (χ0v) is 10.9. The molecule has 1 aromatic rings. The number of halogens is 1. The van der Waals surface area contributed by atoms with Crippen molar-refractivity contribution in [1.82, 2.24) is 4.90 Å². The summed E-state index contributed by atoms with van der Waals surface area (Å²) in [6.45, 7) is 3.95. The van der Waals surface area contributed by atoms with Gasteiger partial charge in [-0.3, -0.25) is 4.79 Å². The minimum absolute atomic E-state index is 0.0322. The van der Waals surface area contributed by atoms with Crippen LogP contribution in [0.15, 0.2) is 16.5 Å². The van der Waals surface area contributed by atoms with Crippen LogP contribution >= 0.6 is 22.6 Å². The maximum atomic E-state index is 11.9. The van der Waals surface area contributed by atoms with Crippen LogP contribution in [0.1, 0.15) is 30.3 Å². The van der Waals surface area contributed by atoms with Crippen molar-refractivity contribution in [3.63, 3.8) is 0 Å². The summed E-state index contributed by atoms with van der Waals surface area (Å²) >= 11 is 2.07. The Hall–Kier alpha value is -0.520. The van der Waals surface area contributed by atoms with Gasteiger partial charge in [0, 0.05) is 13.1 Å². The van der Waals surface area contributed by atoms with E-state index in [4.69, 9.17) is 4.42 Å². The molecule has 0 saturated carbocycles. The molecule has 0 bridgehead atoms. The molecule has 15 heavy (non-hydrogen) atoms. The standard InChI is InChI=1S/C11H14INO2/c1-8-4-6-13(7-5-8)11(14)9-2-3-10(12)15-9/h2-3,8H,4-7H2,1H3. The molecule has 0 N–H and O–H groups in total. The first-order valence-electron chi connectivity index (χ1n) is 5.21. The van der Waals surface area contributed by atoms with Gasteiger partial charge >= 0.3 is 0 Å². The monoisotopic (exact) mass is 319 g/mol. The Morgan fingerprint density at radius 3 is 2.67 bits per heavy atom. The maximum absolute atomic E-state index is 11.9. The van der Waals surface area contributed by atoms with E-state index >= 15 is 0 Å². The van der Waals surface area contributed by atoms with E-state index in [0.717, 1.165) is 35.6 Å². The van der Waals surface area contributed by atoms with Crippen molar-refractivity contribution in [3.8, 4) is 0 Å². The summed E-state index contributed by atoms with van der Waals surface area (Å²) in [5.74, 6) is 1.24. The van der Waals surface area contributed by atoms with E-state index in [0.29, 0.717) is 5.76 Å². The second-order valence-corrected chi connectivity index (χ2v) is 5.14. The molecule has 82 valence electrons. The van der Waals surface area contributed by atoms with Crippen LogP contribution in [0.5, 0.6) is 0 Å². The quantitative estimate of drug-likeness (QED) is 0.746. The number of hydrogen-bond acceptors (Lipinski definition) is 2. The maximum Gasteiger partial charge on any atom is 0.289 e. The number of hydrogen-bond donors (Lipinski definition) is 0. The molecule has 1 aromatic heterocycles. The highest BCUT2D eigenvalue weighted by Gasteiger charge is 2.23. The fraction of sp³-hybridized carbons (Fsp3) is 0.545. The van der Waals surface area contributed by atoms with Crippen molar-refractivity contribution in [2.75, 3.05) is 13.1 Å². The topological polar surface area (TPSA) is 33.5 Å². The number of amides is 1. The largest absolute Gasteiger partial charge is 0.445 e.